The van der Waals surface area contributed by atoms with E-state index in [1.807, 2.05) is 6.92 Å². The van der Waals surface area contributed by atoms with Crippen LogP contribution < -0.4 is 15.0 Å². The summed E-state index contributed by atoms with van der Waals surface area (Å²) in [7, 11) is 3.51. The summed E-state index contributed by atoms with van der Waals surface area (Å²) in [6, 6.07) is 0.0227. The van der Waals surface area contributed by atoms with E-state index < -0.39 is 12.6 Å². The molecule has 1 aromatic rings. The molecule has 0 unspecified atom stereocenters. The number of anilines is 2. The van der Waals surface area contributed by atoms with E-state index in [2.05, 4.69) is 20.3 Å². The van der Waals surface area contributed by atoms with Gasteiger partial charge in [-0.1, -0.05) is 6.92 Å². The van der Waals surface area contributed by atoms with Gasteiger partial charge >= 0.3 is 12.2 Å². The highest BCUT2D eigenvalue weighted by atomic mass is 19.4. The Morgan fingerprint density at radius 3 is 2.48 bits per heavy atom. The average Bonchev–Trinajstić information content (AvgIpc) is 2.40. The maximum absolute atomic E-state index is 12.0. The third-order valence-electron chi connectivity index (χ3n) is 2.37. The molecule has 0 fully saturated rings. The van der Waals surface area contributed by atoms with Crippen molar-refractivity contribution in [1.29, 1.82) is 0 Å². The van der Waals surface area contributed by atoms with Crippen molar-refractivity contribution in [1.82, 2.24) is 15.0 Å². The summed E-state index contributed by atoms with van der Waals surface area (Å²) in [5, 5.41) is 3.00. The van der Waals surface area contributed by atoms with Gasteiger partial charge in [0.05, 0.1) is 6.61 Å². The molecule has 0 aliphatic rings. The number of nitrogens with zero attached hydrogens (tertiary/aromatic N) is 4. The number of rotatable bonds is 8. The molecule has 0 bridgehead atoms. The summed E-state index contributed by atoms with van der Waals surface area (Å²) < 4.78 is 41.3. The predicted molar refractivity (Wildman–Crippen MR) is 73.7 cm³/mol. The lowest BCUT2D eigenvalue weighted by atomic mass is 10.3. The van der Waals surface area contributed by atoms with Crippen LogP contribution in [0.1, 0.15) is 26.2 Å². The molecule has 0 aromatic carbocycles. The first-order valence-electron chi connectivity index (χ1n) is 6.68. The molecule has 1 aromatic heterocycles. The maximum Gasteiger partial charge on any atom is 0.389 e. The van der Waals surface area contributed by atoms with Crippen molar-refractivity contribution < 1.29 is 17.9 Å². The molecule has 6 nitrogen and oxygen atoms in total. The Kier molecular flexibility index (Phi) is 6.44. The number of alkyl halides is 3. The number of hydrogen-bond acceptors (Lipinski definition) is 6. The smallest absolute Gasteiger partial charge is 0.389 e. The first kappa shape index (κ1) is 17.3. The second-order valence-corrected chi connectivity index (χ2v) is 4.63. The third kappa shape index (κ3) is 6.96. The van der Waals surface area contributed by atoms with Crippen LogP contribution in [0.15, 0.2) is 0 Å². The van der Waals surface area contributed by atoms with Crippen LogP contribution in [0.2, 0.25) is 0 Å². The van der Waals surface area contributed by atoms with Gasteiger partial charge in [0.25, 0.3) is 0 Å². The second kappa shape index (κ2) is 7.84. The van der Waals surface area contributed by atoms with E-state index in [1.165, 1.54) is 0 Å². The summed E-state index contributed by atoms with van der Waals surface area (Å²) in [4.78, 5) is 13.9. The standard InChI is InChI=1S/C12H20F3N5O/c1-4-7-16-9-17-10(20(2)3)19-11(18-9)21-8-5-6-12(13,14)15/h4-8H2,1-3H3,(H,16,17,18,19). The van der Waals surface area contributed by atoms with E-state index in [1.54, 1.807) is 19.0 Å². The molecule has 0 saturated carbocycles. The largest absolute Gasteiger partial charge is 0.463 e. The topological polar surface area (TPSA) is 63.2 Å². The zero-order valence-corrected chi connectivity index (χ0v) is 12.4. The van der Waals surface area contributed by atoms with Gasteiger partial charge in [-0.3, -0.25) is 0 Å². The van der Waals surface area contributed by atoms with Crippen LogP contribution in [-0.2, 0) is 0 Å². The van der Waals surface area contributed by atoms with Crippen molar-refractivity contribution in [2.75, 3.05) is 37.5 Å². The molecule has 120 valence electrons. The van der Waals surface area contributed by atoms with E-state index in [0.717, 1.165) is 6.42 Å². The highest BCUT2D eigenvalue weighted by molar-refractivity contribution is 5.36. The minimum Gasteiger partial charge on any atom is -0.463 e. The Bertz CT molecular complexity index is 439. The fourth-order valence-corrected chi connectivity index (χ4v) is 1.36. The molecule has 0 atom stereocenters. The summed E-state index contributed by atoms with van der Waals surface area (Å²) in [5.41, 5.74) is 0. The molecule has 0 aliphatic carbocycles. The molecule has 0 radical (unpaired) electrons. The lowest BCUT2D eigenvalue weighted by Crippen LogP contribution is -2.17. The van der Waals surface area contributed by atoms with E-state index in [-0.39, 0.29) is 19.0 Å². The van der Waals surface area contributed by atoms with Crippen molar-refractivity contribution in [3.05, 3.63) is 0 Å². The first-order chi connectivity index (χ1) is 9.81. The molecule has 0 aliphatic heterocycles. The molecule has 1 rings (SSSR count). The van der Waals surface area contributed by atoms with Crippen LogP contribution in [0.5, 0.6) is 6.01 Å². The fraction of sp³-hybridized carbons (Fsp3) is 0.750. The molecule has 0 saturated heterocycles. The summed E-state index contributed by atoms with van der Waals surface area (Å²) in [5.74, 6) is 0.732. The Morgan fingerprint density at radius 2 is 1.90 bits per heavy atom. The Balaban J connectivity index is 2.64. The summed E-state index contributed by atoms with van der Waals surface area (Å²) in [6.07, 6.45) is -4.31. The first-order valence-corrected chi connectivity index (χ1v) is 6.68. The molecular weight excluding hydrogens is 287 g/mol. The van der Waals surface area contributed by atoms with E-state index in [9.17, 15) is 13.2 Å². The summed E-state index contributed by atoms with van der Waals surface area (Å²) >= 11 is 0. The van der Waals surface area contributed by atoms with E-state index in [0.29, 0.717) is 18.4 Å². The lowest BCUT2D eigenvalue weighted by Gasteiger charge is -2.13. The maximum atomic E-state index is 12.0. The van der Waals surface area contributed by atoms with Gasteiger partial charge in [-0.05, 0) is 12.8 Å². The highest BCUT2D eigenvalue weighted by Crippen LogP contribution is 2.21. The zero-order chi connectivity index (χ0) is 15.9. The van der Waals surface area contributed by atoms with Gasteiger partial charge in [0.2, 0.25) is 11.9 Å². The number of hydrogen-bond donors (Lipinski definition) is 1. The van der Waals surface area contributed by atoms with Crippen molar-refractivity contribution >= 4 is 11.9 Å². The van der Waals surface area contributed by atoms with Crippen LogP contribution in [-0.4, -0.2) is 48.4 Å². The van der Waals surface area contributed by atoms with Gasteiger partial charge in [-0.15, -0.1) is 0 Å². The van der Waals surface area contributed by atoms with Gasteiger partial charge in [-0.2, -0.15) is 28.1 Å². The van der Waals surface area contributed by atoms with Crippen LogP contribution in [0.3, 0.4) is 0 Å². The summed E-state index contributed by atoms with van der Waals surface area (Å²) in [6.45, 7) is 2.59. The van der Waals surface area contributed by atoms with Crippen LogP contribution in [0, 0.1) is 0 Å². The molecule has 0 amide bonds. The van der Waals surface area contributed by atoms with Crippen molar-refractivity contribution in [2.45, 2.75) is 32.4 Å². The van der Waals surface area contributed by atoms with Crippen LogP contribution >= 0.6 is 0 Å². The minimum absolute atomic E-state index is 0.0227. The van der Waals surface area contributed by atoms with Gasteiger partial charge in [0, 0.05) is 27.1 Å². The van der Waals surface area contributed by atoms with E-state index >= 15 is 0 Å². The highest BCUT2D eigenvalue weighted by Gasteiger charge is 2.26. The Labute approximate surface area is 121 Å². The van der Waals surface area contributed by atoms with Gasteiger partial charge in [-0.25, -0.2) is 0 Å². The molecular formula is C12H20F3N5O. The Hall–Kier alpha value is -1.80. The molecule has 1 heterocycles. The molecule has 21 heavy (non-hydrogen) atoms. The number of nitrogens with one attached hydrogen (secondary N) is 1. The minimum atomic E-state index is -4.18. The molecule has 1 N–H and O–H groups in total. The van der Waals surface area contributed by atoms with Crippen molar-refractivity contribution in [3.63, 3.8) is 0 Å². The lowest BCUT2D eigenvalue weighted by molar-refractivity contribution is -0.136. The normalized spacial score (nSPS) is 11.3. The van der Waals surface area contributed by atoms with E-state index in [4.69, 9.17) is 4.74 Å². The number of aromatic nitrogens is 3. The van der Waals surface area contributed by atoms with Crippen molar-refractivity contribution in [3.8, 4) is 6.01 Å². The van der Waals surface area contributed by atoms with Gasteiger partial charge < -0.3 is 15.0 Å². The monoisotopic (exact) mass is 307 g/mol. The zero-order valence-electron chi connectivity index (χ0n) is 12.4. The Morgan fingerprint density at radius 1 is 1.19 bits per heavy atom. The molecule has 0 spiro atoms. The predicted octanol–water partition coefficient (Wildman–Crippen LogP) is 2.48. The second-order valence-electron chi connectivity index (χ2n) is 4.63. The van der Waals surface area contributed by atoms with Crippen LogP contribution in [0.25, 0.3) is 0 Å². The fourth-order valence-electron chi connectivity index (χ4n) is 1.36. The average molecular weight is 307 g/mol. The number of ether oxygens (including phenoxy) is 1. The third-order valence-corrected chi connectivity index (χ3v) is 2.37. The SMILES string of the molecule is CCCNc1nc(OCCCC(F)(F)F)nc(N(C)C)n1. The number of halogens is 3. The van der Waals surface area contributed by atoms with Gasteiger partial charge in [0.15, 0.2) is 0 Å². The quantitative estimate of drug-likeness (QED) is 0.744. The van der Waals surface area contributed by atoms with Crippen molar-refractivity contribution in [2.24, 2.45) is 0 Å². The molecule has 9 heteroatoms. The van der Waals surface area contributed by atoms with Gasteiger partial charge in [0.1, 0.15) is 0 Å². The van der Waals surface area contributed by atoms with Crippen LogP contribution in [0.4, 0.5) is 25.1 Å².